The van der Waals surface area contributed by atoms with Gasteiger partial charge in [-0.1, -0.05) is 36.4 Å². The van der Waals surface area contributed by atoms with E-state index in [1.807, 2.05) is 18.2 Å². The van der Waals surface area contributed by atoms with Gasteiger partial charge in [-0.05, 0) is 31.2 Å². The highest BCUT2D eigenvalue weighted by atomic mass is 16.5. The van der Waals surface area contributed by atoms with Gasteiger partial charge in [0, 0.05) is 16.6 Å². The van der Waals surface area contributed by atoms with Crippen LogP contribution in [0.4, 0.5) is 5.69 Å². The van der Waals surface area contributed by atoms with E-state index in [4.69, 9.17) is 4.74 Å². The number of fused-ring (bicyclic) bond motifs is 1. The molecule has 130 valence electrons. The average Bonchev–Trinajstić information content (AvgIpc) is 2.66. The number of ether oxygens (including phenoxy) is 1. The van der Waals surface area contributed by atoms with E-state index in [9.17, 15) is 14.4 Å². The van der Waals surface area contributed by atoms with Crippen LogP contribution in [-0.2, 0) is 9.53 Å². The number of aromatic nitrogens is 1. The lowest BCUT2D eigenvalue weighted by molar-refractivity contribution is -0.119. The number of Topliss-reactive ketones (excluding diaryl/α,β-unsaturated/α-hetero) is 1. The number of hydrogen-bond acceptors (Lipinski definition) is 5. The van der Waals surface area contributed by atoms with Crippen LogP contribution in [-0.4, -0.2) is 29.3 Å². The van der Waals surface area contributed by atoms with Gasteiger partial charge in [0.1, 0.15) is 5.69 Å². The molecule has 0 aliphatic rings. The quantitative estimate of drug-likeness (QED) is 0.565. The van der Waals surface area contributed by atoms with Crippen molar-refractivity contribution in [1.82, 2.24) is 4.98 Å². The molecular formula is C20H16N2O4. The Hall–Kier alpha value is -3.54. The summed E-state index contributed by atoms with van der Waals surface area (Å²) in [5.41, 5.74) is 1.75. The second kappa shape index (κ2) is 7.57. The third-order valence-electron chi connectivity index (χ3n) is 3.69. The lowest BCUT2D eigenvalue weighted by Crippen LogP contribution is -2.21. The summed E-state index contributed by atoms with van der Waals surface area (Å²) in [6.45, 7) is 0.997. The third-order valence-corrected chi connectivity index (χ3v) is 3.69. The Morgan fingerprint density at radius 3 is 2.62 bits per heavy atom. The molecular weight excluding hydrogens is 332 g/mol. The molecule has 1 heterocycles. The number of benzene rings is 2. The van der Waals surface area contributed by atoms with Gasteiger partial charge >= 0.3 is 5.97 Å². The second-order valence-electron chi connectivity index (χ2n) is 5.65. The van der Waals surface area contributed by atoms with E-state index < -0.39 is 18.5 Å². The van der Waals surface area contributed by atoms with Crippen LogP contribution >= 0.6 is 0 Å². The monoisotopic (exact) mass is 348 g/mol. The van der Waals surface area contributed by atoms with Gasteiger partial charge in [-0.15, -0.1) is 0 Å². The zero-order valence-corrected chi connectivity index (χ0v) is 14.1. The molecule has 0 spiro atoms. The molecule has 0 atom stereocenters. The molecule has 6 heteroatoms. The number of hydrogen-bond donors (Lipinski definition) is 1. The lowest BCUT2D eigenvalue weighted by Gasteiger charge is -2.07. The SMILES string of the molecule is CC(=O)c1cccc(NC(=O)COC(=O)c2ccc3ccccc3n2)c1. The topological polar surface area (TPSA) is 85.4 Å². The van der Waals surface area contributed by atoms with Crippen LogP contribution in [0.5, 0.6) is 0 Å². The van der Waals surface area contributed by atoms with Crippen molar-refractivity contribution in [2.45, 2.75) is 6.92 Å². The maximum absolute atomic E-state index is 12.1. The standard InChI is InChI=1S/C20H16N2O4/c1-13(23)15-6-4-7-16(11-15)21-19(24)12-26-20(25)18-10-9-14-5-2-3-8-17(14)22-18/h2-11H,12H2,1H3,(H,21,24). The van der Waals surface area contributed by atoms with E-state index in [0.29, 0.717) is 16.8 Å². The molecule has 2 aromatic carbocycles. The Kier molecular flexibility index (Phi) is 5.03. The zero-order valence-electron chi connectivity index (χ0n) is 14.1. The van der Waals surface area contributed by atoms with Crippen molar-refractivity contribution in [3.63, 3.8) is 0 Å². The highest BCUT2D eigenvalue weighted by Crippen LogP contribution is 2.13. The van der Waals surface area contributed by atoms with E-state index in [1.54, 1.807) is 42.5 Å². The Morgan fingerprint density at radius 1 is 1.00 bits per heavy atom. The summed E-state index contributed by atoms with van der Waals surface area (Å²) in [4.78, 5) is 39.6. The van der Waals surface area contributed by atoms with Gasteiger partial charge in [-0.2, -0.15) is 0 Å². The van der Waals surface area contributed by atoms with Gasteiger partial charge in [0.15, 0.2) is 12.4 Å². The van der Waals surface area contributed by atoms with Crippen LogP contribution in [0.1, 0.15) is 27.8 Å². The predicted octanol–water partition coefficient (Wildman–Crippen LogP) is 3.23. The molecule has 26 heavy (non-hydrogen) atoms. The Bertz CT molecular complexity index is 998. The number of pyridine rings is 1. The largest absolute Gasteiger partial charge is 0.451 e. The van der Waals surface area contributed by atoms with Gasteiger partial charge in [0.25, 0.3) is 5.91 Å². The number of nitrogens with one attached hydrogen (secondary N) is 1. The molecule has 1 amide bonds. The molecule has 0 unspecified atom stereocenters. The fraction of sp³-hybridized carbons (Fsp3) is 0.100. The Balaban J connectivity index is 1.60. The first-order valence-corrected chi connectivity index (χ1v) is 7.97. The van der Waals surface area contributed by atoms with Crippen molar-refractivity contribution in [2.75, 3.05) is 11.9 Å². The zero-order chi connectivity index (χ0) is 18.5. The maximum atomic E-state index is 12.1. The van der Waals surface area contributed by atoms with Crippen LogP contribution in [0.2, 0.25) is 0 Å². The molecule has 3 rings (SSSR count). The summed E-state index contributed by atoms with van der Waals surface area (Å²) in [7, 11) is 0. The molecule has 0 aliphatic carbocycles. The Labute approximate surface area is 149 Å². The number of ketones is 1. The number of esters is 1. The number of rotatable bonds is 5. The lowest BCUT2D eigenvalue weighted by atomic mass is 10.1. The van der Waals surface area contributed by atoms with Crippen molar-refractivity contribution >= 4 is 34.3 Å². The summed E-state index contributed by atoms with van der Waals surface area (Å²) >= 11 is 0. The average molecular weight is 348 g/mol. The van der Waals surface area contributed by atoms with Crippen molar-refractivity contribution in [1.29, 1.82) is 0 Å². The second-order valence-corrected chi connectivity index (χ2v) is 5.65. The summed E-state index contributed by atoms with van der Waals surface area (Å²) in [6, 6.07) is 17.2. The minimum atomic E-state index is -0.677. The van der Waals surface area contributed by atoms with Crippen LogP contribution in [0.25, 0.3) is 10.9 Å². The van der Waals surface area contributed by atoms with E-state index in [1.165, 1.54) is 6.92 Å². The number of para-hydroxylation sites is 1. The maximum Gasteiger partial charge on any atom is 0.357 e. The van der Waals surface area contributed by atoms with Gasteiger partial charge < -0.3 is 10.1 Å². The first-order chi connectivity index (χ1) is 12.5. The van der Waals surface area contributed by atoms with Crippen molar-refractivity contribution in [3.05, 3.63) is 71.9 Å². The predicted molar refractivity (Wildman–Crippen MR) is 97.1 cm³/mol. The number of carbonyl (C=O) groups excluding carboxylic acids is 3. The summed E-state index contributed by atoms with van der Waals surface area (Å²) in [5.74, 6) is -1.28. The highest BCUT2D eigenvalue weighted by molar-refractivity contribution is 5.98. The number of amides is 1. The van der Waals surface area contributed by atoms with E-state index in [2.05, 4.69) is 10.3 Å². The number of carbonyl (C=O) groups is 3. The van der Waals surface area contributed by atoms with Crippen molar-refractivity contribution in [3.8, 4) is 0 Å². The summed E-state index contributed by atoms with van der Waals surface area (Å²) in [6.07, 6.45) is 0. The van der Waals surface area contributed by atoms with Gasteiger partial charge in [0.2, 0.25) is 0 Å². The van der Waals surface area contributed by atoms with Gasteiger partial charge in [-0.25, -0.2) is 9.78 Å². The smallest absolute Gasteiger partial charge is 0.357 e. The van der Waals surface area contributed by atoms with Crippen LogP contribution in [0.3, 0.4) is 0 Å². The highest BCUT2D eigenvalue weighted by Gasteiger charge is 2.12. The number of nitrogens with zero attached hydrogens (tertiary/aromatic N) is 1. The fourth-order valence-corrected chi connectivity index (χ4v) is 2.40. The van der Waals surface area contributed by atoms with Crippen molar-refractivity contribution in [2.24, 2.45) is 0 Å². The molecule has 6 nitrogen and oxygen atoms in total. The van der Waals surface area contributed by atoms with Crippen LogP contribution in [0, 0.1) is 0 Å². The molecule has 1 aromatic heterocycles. The molecule has 0 fully saturated rings. The third kappa shape index (κ3) is 4.10. The van der Waals surface area contributed by atoms with E-state index in [0.717, 1.165) is 5.39 Å². The molecule has 0 aliphatic heterocycles. The van der Waals surface area contributed by atoms with Crippen LogP contribution < -0.4 is 5.32 Å². The van der Waals surface area contributed by atoms with Crippen LogP contribution in [0.15, 0.2) is 60.7 Å². The normalized spacial score (nSPS) is 10.3. The van der Waals surface area contributed by atoms with Gasteiger partial charge in [-0.3, -0.25) is 9.59 Å². The fourth-order valence-electron chi connectivity index (χ4n) is 2.40. The first kappa shape index (κ1) is 17.3. The molecule has 1 N–H and O–H groups in total. The number of anilines is 1. The first-order valence-electron chi connectivity index (χ1n) is 7.97. The van der Waals surface area contributed by atoms with E-state index >= 15 is 0 Å². The summed E-state index contributed by atoms with van der Waals surface area (Å²) < 4.78 is 5.01. The minimum absolute atomic E-state index is 0.102. The molecule has 0 saturated carbocycles. The molecule has 0 bridgehead atoms. The molecule has 3 aromatic rings. The van der Waals surface area contributed by atoms with Crippen molar-refractivity contribution < 1.29 is 19.1 Å². The molecule has 0 radical (unpaired) electrons. The van der Waals surface area contributed by atoms with E-state index in [-0.39, 0.29) is 11.5 Å². The minimum Gasteiger partial charge on any atom is -0.451 e. The summed E-state index contributed by atoms with van der Waals surface area (Å²) in [5, 5.41) is 3.49. The Morgan fingerprint density at radius 2 is 1.81 bits per heavy atom. The van der Waals surface area contributed by atoms with Gasteiger partial charge in [0.05, 0.1) is 5.52 Å². The molecule has 0 saturated heterocycles.